The first kappa shape index (κ1) is 77.8. The van der Waals surface area contributed by atoms with Gasteiger partial charge in [0.25, 0.3) is 0 Å². The van der Waals surface area contributed by atoms with Gasteiger partial charge in [-0.1, -0.05) is 332 Å². The number of hydrogen-bond donors (Lipinski definition) is 3. The van der Waals surface area contributed by atoms with E-state index in [-0.39, 0.29) is 18.5 Å². The maximum Gasteiger partial charge on any atom is 0.305 e. The predicted octanol–water partition coefficient (Wildman–Crippen LogP) is 23.3. The SMILES string of the molecule is CCCCC/C=C\C/C=C\CCCCCCCC(=O)OCCCCCCCCCCCCCCCCCC/C=C\CCCCCCCCCCCCCCCCCCCC(=O)NC(CO)C(O)/C=C/CCCCCCCCCCC. The molecule has 0 aliphatic rings. The summed E-state index contributed by atoms with van der Waals surface area (Å²) < 4.78 is 5.49. The normalized spacial score (nSPS) is 12.8. The lowest BCUT2D eigenvalue weighted by atomic mass is 10.0. The number of allylic oxidation sites excluding steroid dienone is 7. The van der Waals surface area contributed by atoms with E-state index in [0.29, 0.717) is 19.4 Å². The third-order valence-electron chi connectivity index (χ3n) is 16.6. The van der Waals surface area contributed by atoms with Crippen LogP contribution in [-0.2, 0) is 14.3 Å². The molecule has 0 heterocycles. The Kier molecular flexibility index (Phi) is 67.4. The molecule has 2 unspecified atom stereocenters. The Labute approximate surface area is 499 Å². The Hall–Kier alpha value is -2.18. The summed E-state index contributed by atoms with van der Waals surface area (Å²) in [5.41, 5.74) is 0. The fourth-order valence-corrected chi connectivity index (χ4v) is 11.1. The second-order valence-corrected chi connectivity index (χ2v) is 24.6. The molecule has 0 spiro atoms. The monoisotopic (exact) mass is 1120 g/mol. The van der Waals surface area contributed by atoms with Crippen LogP contribution in [0, 0.1) is 0 Å². The number of rotatable bonds is 67. The highest BCUT2D eigenvalue weighted by atomic mass is 16.5. The average Bonchev–Trinajstić information content (AvgIpc) is 3.46. The molecule has 3 N–H and O–H groups in total. The maximum absolute atomic E-state index is 12.4. The van der Waals surface area contributed by atoms with E-state index in [9.17, 15) is 19.8 Å². The van der Waals surface area contributed by atoms with E-state index in [2.05, 4.69) is 55.6 Å². The number of esters is 1. The maximum atomic E-state index is 12.4. The standard InChI is InChI=1S/C74H139NO5/c1-3-5-7-9-11-13-15-16-40-44-48-52-56-60-64-68-74(79)80-69-65-61-57-53-49-45-42-39-37-35-33-31-29-27-25-23-21-19-17-18-20-22-24-26-28-30-32-34-36-38-41-43-47-51-55-59-63-67-73(78)75-71(70-76)72(77)66-62-58-54-50-46-14-12-10-8-6-4-2/h11,13,16-17,19,40,62,66,71-72,76-77H,3-10,12,14-15,18,20-39,41-61,63-65,67-70H2,1-2H3,(H,75,78)/b13-11-,19-17-,40-16-,66-62+. The molecule has 80 heavy (non-hydrogen) atoms. The lowest BCUT2D eigenvalue weighted by molar-refractivity contribution is -0.143. The number of carbonyl (C=O) groups is 2. The van der Waals surface area contributed by atoms with Gasteiger partial charge in [-0.05, 0) is 89.9 Å². The van der Waals surface area contributed by atoms with Crippen LogP contribution in [-0.4, -0.2) is 47.4 Å². The first-order valence-corrected chi connectivity index (χ1v) is 35.9. The van der Waals surface area contributed by atoms with Crippen LogP contribution in [0.2, 0.25) is 0 Å². The first-order valence-electron chi connectivity index (χ1n) is 35.9. The second-order valence-electron chi connectivity index (χ2n) is 24.6. The zero-order valence-corrected chi connectivity index (χ0v) is 53.8. The molecule has 0 aromatic rings. The molecule has 0 aliphatic carbocycles. The van der Waals surface area contributed by atoms with Crippen molar-refractivity contribution in [3.63, 3.8) is 0 Å². The summed E-state index contributed by atoms with van der Waals surface area (Å²) in [7, 11) is 0. The van der Waals surface area contributed by atoms with Gasteiger partial charge < -0.3 is 20.3 Å². The van der Waals surface area contributed by atoms with Crippen LogP contribution < -0.4 is 5.32 Å². The van der Waals surface area contributed by atoms with Crippen LogP contribution in [0.1, 0.15) is 386 Å². The van der Waals surface area contributed by atoms with Gasteiger partial charge in [0, 0.05) is 12.8 Å². The minimum atomic E-state index is -0.840. The summed E-state index contributed by atoms with van der Waals surface area (Å²) in [4.78, 5) is 24.5. The number of aliphatic hydroxyl groups excluding tert-OH is 2. The van der Waals surface area contributed by atoms with Gasteiger partial charge in [-0.2, -0.15) is 0 Å². The highest BCUT2D eigenvalue weighted by Crippen LogP contribution is 2.18. The minimum Gasteiger partial charge on any atom is -0.466 e. The summed E-state index contributed by atoms with van der Waals surface area (Å²) in [6.45, 7) is 4.88. The van der Waals surface area contributed by atoms with Gasteiger partial charge in [-0.15, -0.1) is 0 Å². The molecule has 0 saturated heterocycles. The fraction of sp³-hybridized carbons (Fsp3) is 0.865. The number of carbonyl (C=O) groups excluding carboxylic acids is 2. The van der Waals surface area contributed by atoms with Crippen molar-refractivity contribution < 1.29 is 24.5 Å². The zero-order chi connectivity index (χ0) is 57.8. The van der Waals surface area contributed by atoms with Crippen molar-refractivity contribution in [1.29, 1.82) is 0 Å². The smallest absolute Gasteiger partial charge is 0.305 e. The Morgan fingerprint density at radius 3 is 0.988 bits per heavy atom. The molecular weight excluding hydrogens is 983 g/mol. The molecule has 470 valence electrons. The molecule has 0 aliphatic heterocycles. The second kappa shape index (κ2) is 69.3. The topological polar surface area (TPSA) is 95.9 Å². The summed E-state index contributed by atoms with van der Waals surface area (Å²) in [6.07, 6.45) is 90.7. The molecule has 0 aromatic carbocycles. The van der Waals surface area contributed by atoms with Gasteiger partial charge in [0.05, 0.1) is 25.4 Å². The van der Waals surface area contributed by atoms with Crippen molar-refractivity contribution in [2.45, 2.75) is 398 Å². The van der Waals surface area contributed by atoms with E-state index < -0.39 is 12.1 Å². The average molecular weight is 1120 g/mol. The first-order chi connectivity index (χ1) is 39.5. The summed E-state index contributed by atoms with van der Waals surface area (Å²) >= 11 is 0. The van der Waals surface area contributed by atoms with Crippen molar-refractivity contribution in [2.24, 2.45) is 0 Å². The van der Waals surface area contributed by atoms with Gasteiger partial charge in [0.1, 0.15) is 0 Å². The van der Waals surface area contributed by atoms with E-state index >= 15 is 0 Å². The quantitative estimate of drug-likeness (QED) is 0.0320. The van der Waals surface area contributed by atoms with Crippen molar-refractivity contribution >= 4 is 11.9 Å². The van der Waals surface area contributed by atoms with E-state index in [1.807, 2.05) is 6.08 Å². The zero-order valence-electron chi connectivity index (χ0n) is 53.8. The van der Waals surface area contributed by atoms with Crippen LogP contribution in [0.3, 0.4) is 0 Å². The Balaban J connectivity index is 3.33. The van der Waals surface area contributed by atoms with E-state index in [0.717, 1.165) is 51.4 Å². The Bertz CT molecular complexity index is 1340. The molecule has 0 saturated carbocycles. The Morgan fingerprint density at radius 1 is 0.350 bits per heavy atom. The van der Waals surface area contributed by atoms with E-state index in [1.165, 1.54) is 308 Å². The van der Waals surface area contributed by atoms with Crippen LogP contribution in [0.15, 0.2) is 48.6 Å². The number of ether oxygens (including phenoxy) is 1. The van der Waals surface area contributed by atoms with Crippen LogP contribution in [0.5, 0.6) is 0 Å². The molecule has 0 fully saturated rings. The predicted molar refractivity (Wildman–Crippen MR) is 352 cm³/mol. The lowest BCUT2D eigenvalue weighted by Gasteiger charge is -2.20. The number of amides is 1. The van der Waals surface area contributed by atoms with Crippen LogP contribution in [0.4, 0.5) is 0 Å². The van der Waals surface area contributed by atoms with Crippen LogP contribution in [0.25, 0.3) is 0 Å². The number of hydrogen-bond acceptors (Lipinski definition) is 5. The summed E-state index contributed by atoms with van der Waals surface area (Å²) in [5.74, 6) is -0.0570. The number of nitrogens with one attached hydrogen (secondary N) is 1. The van der Waals surface area contributed by atoms with Crippen molar-refractivity contribution in [2.75, 3.05) is 13.2 Å². The molecule has 6 nitrogen and oxygen atoms in total. The summed E-state index contributed by atoms with van der Waals surface area (Å²) in [5, 5.41) is 23.1. The summed E-state index contributed by atoms with van der Waals surface area (Å²) in [6, 6.07) is -0.624. The molecule has 1 amide bonds. The van der Waals surface area contributed by atoms with Crippen molar-refractivity contribution in [1.82, 2.24) is 5.32 Å². The highest BCUT2D eigenvalue weighted by molar-refractivity contribution is 5.76. The van der Waals surface area contributed by atoms with Gasteiger partial charge >= 0.3 is 5.97 Å². The molecule has 6 heteroatoms. The van der Waals surface area contributed by atoms with Gasteiger partial charge in [-0.25, -0.2) is 0 Å². The van der Waals surface area contributed by atoms with E-state index in [4.69, 9.17) is 4.74 Å². The molecule has 0 bridgehead atoms. The molecule has 0 rings (SSSR count). The third-order valence-corrected chi connectivity index (χ3v) is 16.6. The fourth-order valence-electron chi connectivity index (χ4n) is 11.1. The largest absolute Gasteiger partial charge is 0.466 e. The van der Waals surface area contributed by atoms with Crippen molar-refractivity contribution in [3.05, 3.63) is 48.6 Å². The van der Waals surface area contributed by atoms with E-state index in [1.54, 1.807) is 6.08 Å². The molecular formula is C74H139NO5. The third kappa shape index (κ3) is 65.0. The number of aliphatic hydroxyl groups is 2. The van der Waals surface area contributed by atoms with Gasteiger partial charge in [0.15, 0.2) is 0 Å². The highest BCUT2D eigenvalue weighted by Gasteiger charge is 2.18. The van der Waals surface area contributed by atoms with Gasteiger partial charge in [-0.3, -0.25) is 9.59 Å². The molecule has 0 aromatic heterocycles. The lowest BCUT2D eigenvalue weighted by Crippen LogP contribution is -2.45. The number of unbranched alkanes of at least 4 members (excludes halogenated alkanes) is 50. The minimum absolute atomic E-state index is 0.00717. The van der Waals surface area contributed by atoms with Crippen molar-refractivity contribution in [3.8, 4) is 0 Å². The van der Waals surface area contributed by atoms with Crippen LogP contribution >= 0.6 is 0 Å². The molecule has 0 radical (unpaired) electrons. The molecule has 2 atom stereocenters. The van der Waals surface area contributed by atoms with Gasteiger partial charge in [0.2, 0.25) is 5.91 Å². The Morgan fingerprint density at radius 2 is 0.625 bits per heavy atom.